The number of carbonyl (C=O) groups is 4. The van der Waals surface area contributed by atoms with E-state index in [4.69, 9.17) is 18.7 Å². The number of rotatable bonds is 19. The number of ketones is 1. The van der Waals surface area contributed by atoms with E-state index >= 15 is 0 Å². The topological polar surface area (TPSA) is 149 Å². The van der Waals surface area contributed by atoms with Gasteiger partial charge in [0.25, 0.3) is 0 Å². The minimum Gasteiger partial charge on any atom is -0.507 e. The average molecular weight is 1180 g/mol. The van der Waals surface area contributed by atoms with Crippen molar-refractivity contribution < 1.29 is 48.1 Å². The predicted molar refractivity (Wildman–Crippen MR) is 345 cm³/mol. The smallest absolute Gasteiger partial charge is 0.306 e. The number of benzene rings is 3. The van der Waals surface area contributed by atoms with E-state index in [9.17, 15) is 29.4 Å². The van der Waals surface area contributed by atoms with E-state index in [1.54, 1.807) is 25.6 Å². The summed E-state index contributed by atoms with van der Waals surface area (Å²) in [6, 6.07) is 14.7. The third-order valence-electron chi connectivity index (χ3n) is 15.0. The van der Waals surface area contributed by atoms with Gasteiger partial charge in [-0.15, -0.1) is 0 Å². The van der Waals surface area contributed by atoms with Gasteiger partial charge in [0.1, 0.15) is 29.1 Å². The van der Waals surface area contributed by atoms with Crippen LogP contribution in [-0.2, 0) is 78.7 Å². The molecule has 13 heteroatoms. The number of esters is 3. The number of phenolic OH excluding ortho intramolecular Hbond substituents is 2. The zero-order valence-corrected chi connectivity index (χ0v) is 57.6. The Morgan fingerprint density at radius 1 is 0.537 bits per heavy atom. The Kier molecular flexibility index (Phi) is 27.3. The summed E-state index contributed by atoms with van der Waals surface area (Å²) in [5.74, 6) is 2.73. The number of carbonyl (C=O) groups excluding carboxylic acids is 4. The normalized spacial score (nSPS) is 15.1. The zero-order valence-electron chi connectivity index (χ0n) is 55.6. The van der Waals surface area contributed by atoms with Crippen molar-refractivity contribution in [2.75, 3.05) is 31.3 Å². The molecule has 1 atom stereocenters. The molecule has 1 saturated heterocycles. The van der Waals surface area contributed by atoms with E-state index < -0.39 is 0 Å². The van der Waals surface area contributed by atoms with Crippen LogP contribution in [0, 0.1) is 0 Å². The number of aryl methyl sites for hydroxylation is 2. The fourth-order valence-corrected chi connectivity index (χ4v) is 11.6. The highest BCUT2D eigenvalue weighted by Gasteiger charge is 2.46. The van der Waals surface area contributed by atoms with Crippen molar-refractivity contribution in [2.45, 2.75) is 274 Å². The summed E-state index contributed by atoms with van der Waals surface area (Å²) in [6.45, 7) is 52.4. The number of likely N-dealkylation sites (tertiary alicyclic amines) is 1. The molecule has 1 aliphatic heterocycles. The second-order valence-corrected chi connectivity index (χ2v) is 31.2. The summed E-state index contributed by atoms with van der Waals surface area (Å²) in [7, 11) is 2.33. The van der Waals surface area contributed by atoms with Crippen molar-refractivity contribution in [2.24, 2.45) is 0 Å². The lowest BCUT2D eigenvalue weighted by Gasteiger charge is -2.55. The fraction of sp³-hybridized carbons (Fsp3) is 0.681. The van der Waals surface area contributed by atoms with Crippen molar-refractivity contribution in [3.63, 3.8) is 0 Å². The molecule has 1 heterocycles. The lowest BCUT2D eigenvalue weighted by molar-refractivity contribution is -0.160. The maximum absolute atomic E-state index is 13.3. The standard InChI is InChI=1S/C45H71NO5.C14H23OP.C10H18O4S/c1-40(2,3)33-23-29(24-34(38(33)49)41(4,5)6)17-19-31(47)21-22-46-44(13,14)27-32(28-45(46,15)16)51-37(48)20-18-30-25-35(42(7,8)9)39(50)36(26-30)43(10,11)12;1-13(2,3)10-7-8-12(15-16)11(9-10)14(4,5)6;1-3-13-9(11)5-7-15-8-6-10(12)14-4-2/h23-26,32,49-50H,17-22,27-28H2,1-16H3;7-9H,16H2,1-6H3;3-8H2,1-2H3. The first-order valence-electron chi connectivity index (χ1n) is 29.9. The Morgan fingerprint density at radius 2 is 0.915 bits per heavy atom. The molecule has 0 spiro atoms. The van der Waals surface area contributed by atoms with Gasteiger partial charge in [-0.2, -0.15) is 11.8 Å². The molecule has 464 valence electrons. The minimum atomic E-state index is -0.257. The number of phenols is 2. The highest BCUT2D eigenvalue weighted by molar-refractivity contribution is 7.99. The van der Waals surface area contributed by atoms with Crippen molar-refractivity contribution in [1.82, 2.24) is 4.90 Å². The van der Waals surface area contributed by atoms with E-state index in [1.807, 2.05) is 12.1 Å². The van der Waals surface area contributed by atoms with E-state index in [0.29, 0.717) is 94.1 Å². The molecule has 82 heavy (non-hydrogen) atoms. The van der Waals surface area contributed by atoms with Crippen LogP contribution in [0.5, 0.6) is 17.2 Å². The van der Waals surface area contributed by atoms with Crippen LogP contribution in [-0.4, -0.2) is 87.3 Å². The van der Waals surface area contributed by atoms with Crippen LogP contribution in [0.15, 0.2) is 42.5 Å². The Hall–Kier alpha value is -4.12. The van der Waals surface area contributed by atoms with Gasteiger partial charge in [-0.3, -0.25) is 24.1 Å². The first-order valence-corrected chi connectivity index (χ1v) is 31.6. The number of ether oxygens (including phenoxy) is 3. The zero-order chi connectivity index (χ0) is 63.2. The third-order valence-corrected chi connectivity index (χ3v) is 16.2. The molecule has 1 fully saturated rings. The van der Waals surface area contributed by atoms with E-state index in [1.165, 1.54) is 11.1 Å². The number of Topliss-reactive ketones (excluding diaryl/α,β-unsaturated/α-hetero) is 1. The average Bonchev–Trinajstić information content (AvgIpc) is 3.28. The third kappa shape index (κ3) is 23.7. The highest BCUT2D eigenvalue weighted by atomic mass is 32.2. The minimum absolute atomic E-state index is 0.104. The molecular weight excluding hydrogens is 1070 g/mol. The maximum Gasteiger partial charge on any atom is 0.306 e. The summed E-state index contributed by atoms with van der Waals surface area (Å²) in [6.07, 6.45) is 4.43. The van der Waals surface area contributed by atoms with Gasteiger partial charge in [0.2, 0.25) is 0 Å². The largest absolute Gasteiger partial charge is 0.507 e. The molecule has 0 amide bonds. The number of hydrogen-bond acceptors (Lipinski definition) is 12. The Bertz CT molecular complexity index is 2470. The summed E-state index contributed by atoms with van der Waals surface area (Å²) in [5, 5.41) is 22.2. The number of aromatic hydroxyl groups is 2. The van der Waals surface area contributed by atoms with Crippen LogP contribution in [0.3, 0.4) is 0 Å². The van der Waals surface area contributed by atoms with E-state index in [2.05, 4.69) is 197 Å². The molecule has 0 bridgehead atoms. The molecule has 3 aromatic rings. The van der Waals surface area contributed by atoms with Crippen molar-refractivity contribution in [3.05, 3.63) is 87.0 Å². The first kappa shape index (κ1) is 74.0. The second-order valence-electron chi connectivity index (χ2n) is 29.7. The number of nitrogens with zero attached hydrogens (tertiary/aromatic N) is 1. The SMILES string of the molecule is CC(C)(C)c1cc(CCC(=O)CCN2C(C)(C)CC(OC(=O)CCc3cc(C(C)(C)C)c(O)c(C(C)(C)C)c3)CC2(C)C)cc(C(C)(C)C)c1O.CC(C)(C)c1ccc(OP)c(C(C)(C)C)c1.CCOC(=O)CCSCCC(=O)OCC. The summed E-state index contributed by atoms with van der Waals surface area (Å²) in [5.41, 5.74) is 7.29. The Morgan fingerprint density at radius 3 is 1.26 bits per heavy atom. The molecule has 0 aliphatic carbocycles. The molecule has 1 unspecified atom stereocenters. The van der Waals surface area contributed by atoms with Crippen LogP contribution in [0.1, 0.15) is 256 Å². The molecule has 4 rings (SSSR count). The van der Waals surface area contributed by atoms with Crippen molar-refractivity contribution >= 4 is 44.9 Å². The summed E-state index contributed by atoms with van der Waals surface area (Å²) in [4.78, 5) is 50.8. The maximum atomic E-state index is 13.3. The molecule has 0 radical (unpaired) electrons. The molecule has 0 aromatic heterocycles. The van der Waals surface area contributed by atoms with Gasteiger partial charge in [-0.1, -0.05) is 161 Å². The molecular formula is C69H112NO10PS. The highest BCUT2D eigenvalue weighted by Crippen LogP contribution is 2.43. The molecule has 1 aliphatic rings. The lowest BCUT2D eigenvalue weighted by Crippen LogP contribution is -2.62. The van der Waals surface area contributed by atoms with E-state index in [-0.39, 0.29) is 79.8 Å². The molecule has 3 aromatic carbocycles. The lowest BCUT2D eigenvalue weighted by atomic mass is 9.77. The molecule has 0 saturated carbocycles. The summed E-state index contributed by atoms with van der Waals surface area (Å²) >= 11 is 1.56. The van der Waals surface area contributed by atoms with Gasteiger partial charge in [0.15, 0.2) is 0 Å². The van der Waals surface area contributed by atoms with Gasteiger partial charge >= 0.3 is 17.9 Å². The summed E-state index contributed by atoms with van der Waals surface area (Å²) < 4.78 is 21.0. The van der Waals surface area contributed by atoms with Gasteiger partial charge in [-0.25, -0.2) is 0 Å². The monoisotopic (exact) mass is 1180 g/mol. The molecule has 2 N–H and O–H groups in total. The number of thioether (sulfide) groups is 1. The van der Waals surface area contributed by atoms with Crippen molar-refractivity contribution in [3.8, 4) is 17.2 Å². The van der Waals surface area contributed by atoms with E-state index in [0.717, 1.165) is 39.1 Å². The number of piperidine rings is 1. The first-order chi connectivity index (χ1) is 37.3. The van der Waals surface area contributed by atoms with Gasteiger partial charge in [0.05, 0.1) is 35.5 Å². The van der Waals surface area contributed by atoms with Crippen LogP contribution in [0.25, 0.3) is 0 Å². The number of hydrogen-bond donors (Lipinski definition) is 2. The predicted octanol–water partition coefficient (Wildman–Crippen LogP) is 16.5. The van der Waals surface area contributed by atoms with Crippen molar-refractivity contribution in [1.29, 1.82) is 0 Å². The molecule has 11 nitrogen and oxygen atoms in total. The Balaban J connectivity index is 0.000000598. The van der Waals surface area contributed by atoms with Crippen LogP contribution >= 0.6 is 21.2 Å². The van der Waals surface area contributed by atoms with Crippen LogP contribution in [0.4, 0.5) is 0 Å². The second kappa shape index (κ2) is 30.3. The van der Waals surface area contributed by atoms with Crippen LogP contribution < -0.4 is 4.52 Å². The Labute approximate surface area is 504 Å². The van der Waals surface area contributed by atoms with Gasteiger partial charge in [0, 0.05) is 66.8 Å². The fourth-order valence-electron chi connectivity index (χ4n) is 10.6. The van der Waals surface area contributed by atoms with Gasteiger partial charge in [-0.05, 0) is 132 Å². The quantitative estimate of drug-likeness (QED) is 0.0509. The van der Waals surface area contributed by atoms with Gasteiger partial charge < -0.3 is 28.9 Å². The van der Waals surface area contributed by atoms with Crippen LogP contribution in [0.2, 0.25) is 0 Å².